The third kappa shape index (κ3) is 6.13. The standard InChI is InChI=1S/C23H26N4O5/c1-15-10-11-21(20(12-15)27(30)31)32-14-22(28)26-25-16(2)18-8-5-9-19(13-18)24-23(29)17-6-3-4-7-17/h5,8-13,17H,3-4,6-7,14H2,1-2H3,(H,24,29)(H,26,28)/b25-16-. The van der Waals surface area contributed by atoms with Crippen molar-refractivity contribution in [3.05, 3.63) is 63.7 Å². The molecule has 1 aliphatic rings. The highest BCUT2D eigenvalue weighted by molar-refractivity contribution is 6.01. The minimum absolute atomic E-state index is 0.0159. The van der Waals surface area contributed by atoms with Gasteiger partial charge in [-0.3, -0.25) is 19.7 Å². The lowest BCUT2D eigenvalue weighted by Crippen LogP contribution is -2.25. The van der Waals surface area contributed by atoms with Gasteiger partial charge in [0.1, 0.15) is 0 Å². The zero-order valence-corrected chi connectivity index (χ0v) is 18.1. The van der Waals surface area contributed by atoms with Crippen LogP contribution in [0.4, 0.5) is 11.4 Å². The van der Waals surface area contributed by atoms with E-state index in [1.807, 2.05) is 12.1 Å². The van der Waals surface area contributed by atoms with Crippen molar-refractivity contribution < 1.29 is 19.2 Å². The van der Waals surface area contributed by atoms with Crippen LogP contribution in [0.25, 0.3) is 0 Å². The van der Waals surface area contributed by atoms with Crippen LogP contribution in [0, 0.1) is 23.0 Å². The van der Waals surface area contributed by atoms with Crippen LogP contribution in [0.5, 0.6) is 5.75 Å². The Morgan fingerprint density at radius 3 is 2.66 bits per heavy atom. The Morgan fingerprint density at radius 1 is 1.19 bits per heavy atom. The normalized spacial score (nSPS) is 14.1. The lowest BCUT2D eigenvalue weighted by molar-refractivity contribution is -0.385. The van der Waals surface area contributed by atoms with Crippen LogP contribution in [-0.2, 0) is 9.59 Å². The number of hydrogen-bond donors (Lipinski definition) is 2. The number of nitro benzene ring substituents is 1. The summed E-state index contributed by atoms with van der Waals surface area (Å²) in [5.74, 6) is -0.436. The number of ether oxygens (including phenoxy) is 1. The van der Waals surface area contributed by atoms with Crippen molar-refractivity contribution in [2.24, 2.45) is 11.0 Å². The van der Waals surface area contributed by atoms with Gasteiger partial charge < -0.3 is 10.1 Å². The second-order valence-electron chi connectivity index (χ2n) is 7.80. The molecule has 0 saturated heterocycles. The van der Waals surface area contributed by atoms with Gasteiger partial charge in [0.25, 0.3) is 5.91 Å². The Labute approximate surface area is 186 Å². The molecule has 3 rings (SSSR count). The number of aryl methyl sites for hydroxylation is 1. The number of nitro groups is 1. The average Bonchev–Trinajstić information content (AvgIpc) is 3.32. The summed E-state index contributed by atoms with van der Waals surface area (Å²) in [5.41, 5.74) is 4.86. The van der Waals surface area contributed by atoms with Crippen LogP contribution in [0.15, 0.2) is 47.6 Å². The molecular weight excluding hydrogens is 412 g/mol. The third-order valence-electron chi connectivity index (χ3n) is 5.29. The molecule has 9 heteroatoms. The van der Waals surface area contributed by atoms with Crippen molar-refractivity contribution in [1.29, 1.82) is 0 Å². The van der Waals surface area contributed by atoms with Crippen LogP contribution >= 0.6 is 0 Å². The van der Waals surface area contributed by atoms with E-state index in [9.17, 15) is 19.7 Å². The topological polar surface area (TPSA) is 123 Å². The summed E-state index contributed by atoms with van der Waals surface area (Å²) < 4.78 is 5.29. The number of carbonyl (C=O) groups excluding carboxylic acids is 2. The van der Waals surface area contributed by atoms with E-state index in [2.05, 4.69) is 15.8 Å². The summed E-state index contributed by atoms with van der Waals surface area (Å²) in [7, 11) is 0. The van der Waals surface area contributed by atoms with Gasteiger partial charge in [-0.05, 0) is 56.0 Å². The molecule has 2 N–H and O–H groups in total. The molecule has 0 heterocycles. The molecule has 0 atom stereocenters. The van der Waals surface area contributed by atoms with Crippen LogP contribution in [0.1, 0.15) is 43.7 Å². The van der Waals surface area contributed by atoms with E-state index in [4.69, 9.17) is 4.74 Å². The maximum atomic E-state index is 12.3. The number of benzene rings is 2. The van der Waals surface area contributed by atoms with Gasteiger partial charge in [-0.2, -0.15) is 5.10 Å². The molecule has 2 aromatic carbocycles. The van der Waals surface area contributed by atoms with Crippen LogP contribution < -0.4 is 15.5 Å². The van der Waals surface area contributed by atoms with Gasteiger partial charge in [0, 0.05) is 17.7 Å². The summed E-state index contributed by atoms with van der Waals surface area (Å²) in [6.07, 6.45) is 4.02. The van der Waals surface area contributed by atoms with Crippen LogP contribution in [0.2, 0.25) is 0 Å². The maximum Gasteiger partial charge on any atom is 0.311 e. The van der Waals surface area contributed by atoms with Crippen LogP contribution in [0.3, 0.4) is 0 Å². The lowest BCUT2D eigenvalue weighted by Gasteiger charge is -2.11. The van der Waals surface area contributed by atoms with Gasteiger partial charge in [0.15, 0.2) is 12.4 Å². The van der Waals surface area contributed by atoms with Gasteiger partial charge >= 0.3 is 5.69 Å². The van der Waals surface area contributed by atoms with Gasteiger partial charge in [-0.15, -0.1) is 0 Å². The maximum absolute atomic E-state index is 12.3. The molecule has 0 aliphatic heterocycles. The first-order valence-electron chi connectivity index (χ1n) is 10.5. The van der Waals surface area contributed by atoms with Gasteiger partial charge in [-0.25, -0.2) is 5.43 Å². The Bertz CT molecular complexity index is 1040. The van der Waals surface area contributed by atoms with Gasteiger partial charge in [0.05, 0.1) is 10.6 Å². The zero-order valence-electron chi connectivity index (χ0n) is 18.1. The first-order chi connectivity index (χ1) is 15.3. The van der Waals surface area contributed by atoms with Crippen molar-refractivity contribution >= 4 is 28.9 Å². The fourth-order valence-corrected chi connectivity index (χ4v) is 3.53. The molecule has 1 fully saturated rings. The summed E-state index contributed by atoms with van der Waals surface area (Å²) >= 11 is 0. The smallest absolute Gasteiger partial charge is 0.311 e. The summed E-state index contributed by atoms with van der Waals surface area (Å²) in [4.78, 5) is 35.0. The minimum Gasteiger partial charge on any atom is -0.477 e. The third-order valence-corrected chi connectivity index (χ3v) is 5.29. The first kappa shape index (κ1) is 22.9. The number of anilines is 1. The highest BCUT2D eigenvalue weighted by Gasteiger charge is 2.22. The van der Waals surface area contributed by atoms with Crippen molar-refractivity contribution in [3.63, 3.8) is 0 Å². The van der Waals surface area contributed by atoms with E-state index < -0.39 is 17.4 Å². The lowest BCUT2D eigenvalue weighted by atomic mass is 10.1. The largest absolute Gasteiger partial charge is 0.477 e. The van der Waals surface area contributed by atoms with E-state index in [1.54, 1.807) is 32.0 Å². The molecule has 0 bridgehead atoms. The monoisotopic (exact) mass is 438 g/mol. The Balaban J connectivity index is 1.56. The fraction of sp³-hybridized carbons (Fsp3) is 0.348. The van der Waals surface area contributed by atoms with E-state index in [0.717, 1.165) is 36.8 Å². The quantitative estimate of drug-likeness (QED) is 0.367. The highest BCUT2D eigenvalue weighted by Crippen LogP contribution is 2.28. The van der Waals surface area contributed by atoms with Gasteiger partial charge in [0.2, 0.25) is 5.91 Å². The first-order valence-corrected chi connectivity index (χ1v) is 10.5. The Hall–Kier alpha value is -3.75. The average molecular weight is 438 g/mol. The van der Waals surface area contributed by atoms with Crippen molar-refractivity contribution in [1.82, 2.24) is 5.43 Å². The fourth-order valence-electron chi connectivity index (χ4n) is 3.53. The molecule has 1 saturated carbocycles. The summed E-state index contributed by atoms with van der Waals surface area (Å²) in [5, 5.41) is 18.1. The Morgan fingerprint density at radius 2 is 1.94 bits per heavy atom. The number of carbonyl (C=O) groups is 2. The SMILES string of the molecule is C/C(=N/NC(=O)COc1ccc(C)cc1[N+](=O)[O-])c1cccc(NC(=O)C2CCCC2)c1. The molecule has 168 valence electrons. The molecule has 0 radical (unpaired) electrons. The number of hydrazone groups is 1. The number of hydrogen-bond acceptors (Lipinski definition) is 6. The van der Waals surface area contributed by atoms with E-state index in [-0.39, 0.29) is 23.3 Å². The zero-order chi connectivity index (χ0) is 23.1. The van der Waals surface area contributed by atoms with E-state index >= 15 is 0 Å². The van der Waals surface area contributed by atoms with E-state index in [0.29, 0.717) is 11.4 Å². The molecular formula is C23H26N4O5. The number of nitrogens with one attached hydrogen (secondary N) is 2. The van der Waals surface area contributed by atoms with Crippen molar-refractivity contribution in [2.75, 3.05) is 11.9 Å². The van der Waals surface area contributed by atoms with Gasteiger partial charge in [-0.1, -0.05) is 31.0 Å². The Kier molecular flexibility index (Phi) is 7.54. The molecule has 2 amide bonds. The molecule has 32 heavy (non-hydrogen) atoms. The minimum atomic E-state index is -0.555. The summed E-state index contributed by atoms with van der Waals surface area (Å²) in [6, 6.07) is 11.7. The molecule has 1 aliphatic carbocycles. The van der Waals surface area contributed by atoms with E-state index in [1.165, 1.54) is 12.1 Å². The molecule has 0 spiro atoms. The second-order valence-corrected chi connectivity index (χ2v) is 7.80. The second kappa shape index (κ2) is 10.5. The predicted octanol–water partition coefficient (Wildman–Crippen LogP) is 3.95. The molecule has 0 aromatic heterocycles. The highest BCUT2D eigenvalue weighted by atomic mass is 16.6. The van der Waals surface area contributed by atoms with Crippen LogP contribution in [-0.4, -0.2) is 29.1 Å². The summed E-state index contributed by atoms with van der Waals surface area (Å²) in [6.45, 7) is 3.04. The number of nitrogens with zero attached hydrogens (tertiary/aromatic N) is 2. The molecule has 0 unspecified atom stereocenters. The molecule has 2 aromatic rings. The number of rotatable bonds is 8. The van der Waals surface area contributed by atoms with Crippen molar-refractivity contribution in [3.8, 4) is 5.75 Å². The van der Waals surface area contributed by atoms with Crippen molar-refractivity contribution in [2.45, 2.75) is 39.5 Å². The molecule has 9 nitrogen and oxygen atoms in total. The predicted molar refractivity (Wildman–Crippen MR) is 121 cm³/mol. The number of amides is 2.